The summed E-state index contributed by atoms with van der Waals surface area (Å²) < 4.78 is 1.26. The maximum absolute atomic E-state index is 5.57. The van der Waals surface area contributed by atoms with E-state index < -0.39 is 0 Å². The Kier molecular flexibility index (Phi) is 3.28. The zero-order chi connectivity index (χ0) is 11.5. The number of aromatic nitrogens is 1. The Bertz CT molecular complexity index is 494. The zero-order valence-electron chi connectivity index (χ0n) is 8.87. The summed E-state index contributed by atoms with van der Waals surface area (Å²) in [4.78, 5) is 4.19. The molecule has 1 aromatic carbocycles. The van der Waals surface area contributed by atoms with Gasteiger partial charge in [-0.25, -0.2) is 4.98 Å². The summed E-state index contributed by atoms with van der Waals surface area (Å²) in [7, 11) is 0. The molecule has 1 heterocycles. The number of nitrogens with one attached hydrogen (secondary N) is 1. The number of nitrogens with zero attached hydrogens (tertiary/aromatic N) is 1. The van der Waals surface area contributed by atoms with Crippen LogP contribution in [0.4, 0.5) is 17.2 Å². The lowest BCUT2D eigenvalue weighted by molar-refractivity contribution is 1.30. The zero-order valence-corrected chi connectivity index (χ0v) is 11.0. The van der Waals surface area contributed by atoms with Crippen LogP contribution in [0.3, 0.4) is 0 Å². The quantitative estimate of drug-likeness (QED) is 0.833. The average molecular weight is 325 g/mol. The van der Waals surface area contributed by atoms with Gasteiger partial charge in [0.05, 0.1) is 11.9 Å². The molecule has 16 heavy (non-hydrogen) atoms. The standard InChI is InChI=1S/C12H12IN3/c1-8-6-10(3-4-11(8)13)16-12-5-2-9(14)7-15-12/h2-7H,14H2,1H3,(H,15,16). The number of hydrogen-bond donors (Lipinski definition) is 2. The van der Waals surface area contributed by atoms with Gasteiger partial charge < -0.3 is 11.1 Å². The van der Waals surface area contributed by atoms with Crippen LogP contribution < -0.4 is 11.1 Å². The van der Waals surface area contributed by atoms with Gasteiger partial charge in [-0.15, -0.1) is 0 Å². The molecule has 0 spiro atoms. The molecule has 3 nitrogen and oxygen atoms in total. The lowest BCUT2D eigenvalue weighted by Gasteiger charge is -2.07. The highest BCUT2D eigenvalue weighted by molar-refractivity contribution is 14.1. The first-order valence-electron chi connectivity index (χ1n) is 4.90. The highest BCUT2D eigenvalue weighted by Crippen LogP contribution is 2.20. The second kappa shape index (κ2) is 4.69. The Morgan fingerprint density at radius 1 is 1.25 bits per heavy atom. The molecule has 0 bridgehead atoms. The maximum atomic E-state index is 5.57. The molecule has 0 saturated heterocycles. The van der Waals surface area contributed by atoms with Gasteiger partial charge in [-0.05, 0) is 65.4 Å². The molecule has 0 atom stereocenters. The average Bonchev–Trinajstić information content (AvgIpc) is 2.27. The van der Waals surface area contributed by atoms with E-state index in [1.165, 1.54) is 9.13 Å². The molecule has 82 valence electrons. The van der Waals surface area contributed by atoms with Gasteiger partial charge in [0, 0.05) is 9.26 Å². The molecule has 3 N–H and O–H groups in total. The minimum atomic E-state index is 0.671. The van der Waals surface area contributed by atoms with E-state index in [0.717, 1.165) is 11.5 Å². The topological polar surface area (TPSA) is 50.9 Å². The molecule has 4 heteroatoms. The van der Waals surface area contributed by atoms with Crippen molar-refractivity contribution < 1.29 is 0 Å². The van der Waals surface area contributed by atoms with E-state index in [1.54, 1.807) is 6.20 Å². The van der Waals surface area contributed by atoms with Gasteiger partial charge in [0.15, 0.2) is 0 Å². The Morgan fingerprint density at radius 3 is 2.69 bits per heavy atom. The first kappa shape index (κ1) is 11.2. The van der Waals surface area contributed by atoms with Crippen molar-refractivity contribution >= 4 is 39.8 Å². The van der Waals surface area contributed by atoms with Gasteiger partial charge in [-0.1, -0.05) is 0 Å². The number of hydrogen-bond acceptors (Lipinski definition) is 3. The van der Waals surface area contributed by atoms with Crippen molar-refractivity contribution in [3.8, 4) is 0 Å². The number of benzene rings is 1. The first-order chi connectivity index (χ1) is 7.65. The van der Waals surface area contributed by atoms with Crippen LogP contribution >= 0.6 is 22.6 Å². The van der Waals surface area contributed by atoms with Gasteiger partial charge in [-0.3, -0.25) is 0 Å². The van der Waals surface area contributed by atoms with Crippen molar-refractivity contribution in [2.75, 3.05) is 11.1 Å². The van der Waals surface area contributed by atoms with Crippen molar-refractivity contribution in [3.63, 3.8) is 0 Å². The van der Waals surface area contributed by atoms with Gasteiger partial charge in [-0.2, -0.15) is 0 Å². The third-order valence-corrected chi connectivity index (χ3v) is 3.43. The molecule has 2 rings (SSSR count). The second-order valence-electron chi connectivity index (χ2n) is 3.57. The fourth-order valence-electron chi connectivity index (χ4n) is 1.35. The fourth-order valence-corrected chi connectivity index (χ4v) is 1.69. The maximum Gasteiger partial charge on any atom is 0.130 e. The highest BCUT2D eigenvalue weighted by atomic mass is 127. The normalized spacial score (nSPS) is 10.1. The van der Waals surface area contributed by atoms with Gasteiger partial charge in [0.1, 0.15) is 5.82 Å². The summed E-state index contributed by atoms with van der Waals surface area (Å²) in [6.07, 6.45) is 1.64. The van der Waals surface area contributed by atoms with E-state index in [2.05, 4.69) is 51.9 Å². The summed E-state index contributed by atoms with van der Waals surface area (Å²) in [6, 6.07) is 9.90. The lowest BCUT2D eigenvalue weighted by Crippen LogP contribution is -1.95. The smallest absolute Gasteiger partial charge is 0.130 e. The molecular weight excluding hydrogens is 313 g/mol. The lowest BCUT2D eigenvalue weighted by atomic mass is 10.2. The SMILES string of the molecule is Cc1cc(Nc2ccc(N)cn2)ccc1I. The monoisotopic (exact) mass is 325 g/mol. The van der Waals surface area contributed by atoms with E-state index in [0.29, 0.717) is 5.69 Å². The van der Waals surface area contributed by atoms with Crippen LogP contribution in [0.15, 0.2) is 36.5 Å². The summed E-state index contributed by atoms with van der Waals surface area (Å²) in [5.74, 6) is 0.801. The van der Waals surface area contributed by atoms with Crippen molar-refractivity contribution in [2.45, 2.75) is 6.92 Å². The first-order valence-corrected chi connectivity index (χ1v) is 5.98. The summed E-state index contributed by atoms with van der Waals surface area (Å²) in [5.41, 5.74) is 8.53. The van der Waals surface area contributed by atoms with Crippen LogP contribution in [0.1, 0.15) is 5.56 Å². The largest absolute Gasteiger partial charge is 0.397 e. The molecule has 0 amide bonds. The number of nitrogens with two attached hydrogens (primary N) is 1. The van der Waals surface area contributed by atoms with Crippen molar-refractivity contribution in [3.05, 3.63) is 45.7 Å². The molecule has 0 aliphatic heterocycles. The third kappa shape index (κ3) is 2.63. The predicted molar refractivity (Wildman–Crippen MR) is 75.8 cm³/mol. The van der Waals surface area contributed by atoms with Gasteiger partial charge >= 0.3 is 0 Å². The third-order valence-electron chi connectivity index (χ3n) is 2.22. The number of anilines is 3. The minimum absolute atomic E-state index is 0.671. The minimum Gasteiger partial charge on any atom is -0.397 e. The van der Waals surface area contributed by atoms with Gasteiger partial charge in [0.2, 0.25) is 0 Å². The van der Waals surface area contributed by atoms with Crippen LogP contribution in [0.25, 0.3) is 0 Å². The van der Waals surface area contributed by atoms with E-state index in [9.17, 15) is 0 Å². The van der Waals surface area contributed by atoms with Crippen LogP contribution in [0.5, 0.6) is 0 Å². The fraction of sp³-hybridized carbons (Fsp3) is 0.0833. The number of pyridine rings is 1. The summed E-state index contributed by atoms with van der Waals surface area (Å²) in [5, 5.41) is 3.23. The van der Waals surface area contributed by atoms with E-state index in [1.807, 2.05) is 18.2 Å². The summed E-state index contributed by atoms with van der Waals surface area (Å²) in [6.45, 7) is 2.09. The molecule has 2 aromatic rings. The number of halogens is 1. The van der Waals surface area contributed by atoms with E-state index >= 15 is 0 Å². The second-order valence-corrected chi connectivity index (χ2v) is 4.73. The van der Waals surface area contributed by atoms with Crippen molar-refractivity contribution in [1.82, 2.24) is 4.98 Å². The molecule has 0 fully saturated rings. The van der Waals surface area contributed by atoms with Crippen molar-refractivity contribution in [1.29, 1.82) is 0 Å². The Morgan fingerprint density at radius 2 is 2.06 bits per heavy atom. The molecule has 0 saturated carbocycles. The van der Waals surface area contributed by atoms with E-state index in [-0.39, 0.29) is 0 Å². The van der Waals surface area contributed by atoms with Crippen LogP contribution in [0.2, 0.25) is 0 Å². The van der Waals surface area contributed by atoms with Crippen molar-refractivity contribution in [2.24, 2.45) is 0 Å². The molecule has 1 aromatic heterocycles. The Balaban J connectivity index is 2.20. The van der Waals surface area contributed by atoms with Crippen LogP contribution in [-0.2, 0) is 0 Å². The number of nitrogen functional groups attached to an aromatic ring is 1. The molecule has 0 aliphatic carbocycles. The van der Waals surface area contributed by atoms with Crippen LogP contribution in [-0.4, -0.2) is 4.98 Å². The van der Waals surface area contributed by atoms with Crippen LogP contribution in [0, 0.1) is 10.5 Å². The molecular formula is C12H12IN3. The number of aryl methyl sites for hydroxylation is 1. The molecule has 0 unspecified atom stereocenters. The predicted octanol–water partition coefficient (Wildman–Crippen LogP) is 3.32. The Hall–Kier alpha value is -1.30. The highest BCUT2D eigenvalue weighted by Gasteiger charge is 1.98. The summed E-state index contributed by atoms with van der Waals surface area (Å²) >= 11 is 2.32. The molecule has 0 radical (unpaired) electrons. The van der Waals surface area contributed by atoms with E-state index in [4.69, 9.17) is 5.73 Å². The van der Waals surface area contributed by atoms with Gasteiger partial charge in [0.25, 0.3) is 0 Å². The number of rotatable bonds is 2. The molecule has 0 aliphatic rings. The Labute approximate surface area is 108 Å².